The van der Waals surface area contributed by atoms with Crippen LogP contribution in [0.25, 0.3) is 11.6 Å². The van der Waals surface area contributed by atoms with Crippen molar-refractivity contribution in [3.63, 3.8) is 0 Å². The van der Waals surface area contributed by atoms with Crippen molar-refractivity contribution in [2.75, 3.05) is 0 Å². The summed E-state index contributed by atoms with van der Waals surface area (Å²) in [6, 6.07) is 29.0. The number of fused-ring (bicyclic) bond motifs is 2. The van der Waals surface area contributed by atoms with E-state index in [0.29, 0.717) is 0 Å². The Bertz CT molecular complexity index is 1410. The van der Waals surface area contributed by atoms with Gasteiger partial charge in [0.05, 0.1) is 0 Å². The van der Waals surface area contributed by atoms with E-state index in [-0.39, 0.29) is 51.0 Å². The molecule has 0 saturated heterocycles. The average molecular weight is 646 g/mol. The van der Waals surface area contributed by atoms with E-state index in [0.717, 1.165) is 6.42 Å². The molecule has 3 aliphatic carbocycles. The summed E-state index contributed by atoms with van der Waals surface area (Å²) in [5.41, 5.74) is 11.6. The summed E-state index contributed by atoms with van der Waals surface area (Å²) in [7, 11) is 0. The Labute approximate surface area is 265 Å². The van der Waals surface area contributed by atoms with Gasteiger partial charge in [0.2, 0.25) is 0 Å². The molecule has 0 N–H and O–H groups in total. The number of halogens is 2. The van der Waals surface area contributed by atoms with Gasteiger partial charge in [-0.25, -0.2) is 0 Å². The molecule has 6 rings (SSSR count). The monoisotopic (exact) mass is 643 g/mol. The molecular weight excluding hydrogens is 611 g/mol. The summed E-state index contributed by atoms with van der Waals surface area (Å²) < 4.78 is 0. The van der Waals surface area contributed by atoms with E-state index in [1.807, 2.05) is 0 Å². The molecule has 3 aromatic carbocycles. The van der Waals surface area contributed by atoms with Crippen LogP contribution < -0.4 is 0 Å². The summed E-state index contributed by atoms with van der Waals surface area (Å²) in [4.78, 5) is 0. The van der Waals surface area contributed by atoms with E-state index < -0.39 is 0 Å². The number of allylic oxidation sites excluding steroid dienone is 9. The van der Waals surface area contributed by atoms with Crippen molar-refractivity contribution >= 4 is 43.3 Å². The van der Waals surface area contributed by atoms with E-state index in [1.54, 1.807) is 0 Å². The third-order valence-corrected chi connectivity index (χ3v) is 7.37. The molecule has 0 nitrogen and oxygen atoms in total. The fourth-order valence-corrected chi connectivity index (χ4v) is 5.77. The van der Waals surface area contributed by atoms with Crippen molar-refractivity contribution < 1.29 is 23.3 Å². The van der Waals surface area contributed by atoms with Crippen LogP contribution in [0.5, 0.6) is 0 Å². The van der Waals surface area contributed by atoms with Gasteiger partial charge < -0.3 is 14.9 Å². The van der Waals surface area contributed by atoms with Crippen LogP contribution in [0.2, 0.25) is 0 Å². The van der Waals surface area contributed by atoms with E-state index in [4.69, 9.17) is 0 Å². The quantitative estimate of drug-likeness (QED) is 0.196. The number of rotatable bonds is 4. The zero-order valence-electron chi connectivity index (χ0n) is 23.0. The molecule has 39 heavy (non-hydrogen) atoms. The normalized spacial score (nSPS) is 19.4. The molecular formula is C35H35Cl2SiZr-3. The molecule has 2 radical (unpaired) electrons. The van der Waals surface area contributed by atoms with Crippen LogP contribution in [-0.4, -0.2) is 6.88 Å². The van der Waals surface area contributed by atoms with Gasteiger partial charge in [0.1, 0.15) is 0 Å². The van der Waals surface area contributed by atoms with Gasteiger partial charge in [-0.05, 0) is 41.2 Å². The number of aryl methyl sites for hydroxylation is 1. The summed E-state index contributed by atoms with van der Waals surface area (Å²) in [6.07, 6.45) is 16.4. The van der Waals surface area contributed by atoms with Crippen LogP contribution in [0.4, 0.5) is 0 Å². The van der Waals surface area contributed by atoms with Crippen molar-refractivity contribution in [2.24, 2.45) is 0 Å². The molecule has 0 fully saturated rings. The first-order chi connectivity index (χ1) is 17.2. The summed E-state index contributed by atoms with van der Waals surface area (Å²) in [5.74, 6) is 0.183. The van der Waals surface area contributed by atoms with E-state index >= 15 is 0 Å². The molecule has 200 valence electrons. The van der Waals surface area contributed by atoms with Gasteiger partial charge in [-0.2, -0.15) is 11.6 Å². The van der Waals surface area contributed by atoms with Crippen LogP contribution in [0, 0.1) is 27.9 Å². The maximum atomic E-state index is 3.69. The Morgan fingerprint density at radius 1 is 0.846 bits per heavy atom. The van der Waals surface area contributed by atoms with Crippen molar-refractivity contribution in [3.05, 3.63) is 169 Å². The molecule has 0 heterocycles. The van der Waals surface area contributed by atoms with Gasteiger partial charge in [-0.1, -0.05) is 104 Å². The Balaban J connectivity index is 0.00000124. The molecule has 0 amide bonds. The molecule has 0 aliphatic heterocycles. The first-order valence-corrected chi connectivity index (χ1v) is 16.3. The summed E-state index contributed by atoms with van der Waals surface area (Å²) >= 11 is 1.36. The van der Waals surface area contributed by atoms with Gasteiger partial charge in [-0.15, -0.1) is 54.2 Å². The predicted molar refractivity (Wildman–Crippen MR) is 172 cm³/mol. The second-order valence-corrected chi connectivity index (χ2v) is 9.26. The van der Waals surface area contributed by atoms with Crippen LogP contribution in [0.15, 0.2) is 120 Å². The molecule has 0 bridgehead atoms. The topological polar surface area (TPSA) is 0 Å². The summed E-state index contributed by atoms with van der Waals surface area (Å²) in [5, 5.41) is 0. The van der Waals surface area contributed by atoms with Gasteiger partial charge in [0.25, 0.3) is 0 Å². The predicted octanol–water partition coefficient (Wildman–Crippen LogP) is 9.51. The molecule has 0 spiro atoms. The Hall–Kier alpha value is -1.96. The van der Waals surface area contributed by atoms with Crippen LogP contribution in [0.1, 0.15) is 47.1 Å². The molecule has 3 aliphatic rings. The van der Waals surface area contributed by atoms with Crippen molar-refractivity contribution in [1.82, 2.24) is 0 Å². The van der Waals surface area contributed by atoms with Crippen LogP contribution in [-0.2, 0) is 28.8 Å². The first kappa shape index (κ1) is 35.1. The minimum absolute atomic E-state index is 0. The van der Waals surface area contributed by atoms with Crippen LogP contribution >= 0.6 is 24.8 Å². The van der Waals surface area contributed by atoms with Gasteiger partial charge >= 0.3 is 30.2 Å². The molecule has 2 unspecified atom stereocenters. The van der Waals surface area contributed by atoms with Crippen molar-refractivity contribution in [3.8, 4) is 0 Å². The maximum absolute atomic E-state index is 3.69. The Morgan fingerprint density at radius 2 is 1.49 bits per heavy atom. The zero-order chi connectivity index (χ0) is 24.4. The second kappa shape index (κ2) is 15.2. The van der Waals surface area contributed by atoms with Gasteiger partial charge in [0, 0.05) is 11.3 Å². The zero-order valence-corrected chi connectivity index (χ0v) is 28.1. The third kappa shape index (κ3) is 6.20. The number of benzene rings is 3. The standard InChI is InChI=1S/C33H27.2CH3.2ClH.Si.Zr/c1-3-24-20-27-11-9-19-33(31(27)21-24,28-12-5-4-6-13-28)32-29-14-8-7-10-26(29)22-30(32)25-17-15-23(2)16-18-25;;;;;;/h4-19,21-22,32H,3H2,1-2H3;2*1H3;2*1H;;/q3*-1;;;;. The first-order valence-electron chi connectivity index (χ1n) is 12.1. The number of hydrogen-bond acceptors (Lipinski definition) is 0. The van der Waals surface area contributed by atoms with Crippen molar-refractivity contribution in [1.29, 1.82) is 0 Å². The average Bonchev–Trinajstić information content (AvgIpc) is 3.53. The fraction of sp³-hybridized carbons (Fsp3) is 0.143. The second-order valence-electron chi connectivity index (χ2n) is 9.26. The third-order valence-electron chi connectivity index (χ3n) is 7.37. The van der Waals surface area contributed by atoms with Gasteiger partial charge in [0.15, 0.2) is 0 Å². The SMILES string of the molecule is CCC1=[C-]C2=CC=CC(c3ccccc3)(C3C(c4ccc(C)cc4)=Cc4ccccc43)C2=C1.Cl.Cl.[CH3-].[CH3-].[Si]=[Zr]. The summed E-state index contributed by atoms with van der Waals surface area (Å²) in [6.45, 7) is 7.44. The molecule has 0 saturated carbocycles. The van der Waals surface area contributed by atoms with E-state index in [9.17, 15) is 0 Å². The Kier molecular flexibility index (Phi) is 13.6. The molecule has 2 atom stereocenters. The van der Waals surface area contributed by atoms with E-state index in [1.165, 1.54) is 73.4 Å². The fourth-order valence-electron chi connectivity index (χ4n) is 5.77. The van der Waals surface area contributed by atoms with Crippen LogP contribution in [0.3, 0.4) is 0 Å². The molecule has 3 aromatic rings. The van der Waals surface area contributed by atoms with Gasteiger partial charge in [-0.3, -0.25) is 0 Å². The Morgan fingerprint density at radius 3 is 2.15 bits per heavy atom. The minimum atomic E-state index is -0.293. The number of hydrogen-bond donors (Lipinski definition) is 0. The molecule has 4 heteroatoms. The van der Waals surface area contributed by atoms with E-state index in [2.05, 4.69) is 136 Å². The van der Waals surface area contributed by atoms with Crippen molar-refractivity contribution in [2.45, 2.75) is 31.6 Å². The molecule has 0 aromatic heterocycles.